The van der Waals surface area contributed by atoms with E-state index < -0.39 is 0 Å². The predicted octanol–water partition coefficient (Wildman–Crippen LogP) is 10.5. The van der Waals surface area contributed by atoms with E-state index in [1.54, 1.807) is 0 Å². The van der Waals surface area contributed by atoms with E-state index in [1.807, 2.05) is 6.08 Å². The topological polar surface area (TPSA) is 0 Å². The van der Waals surface area contributed by atoms with Gasteiger partial charge in [0.25, 0.3) is 0 Å². The second kappa shape index (κ2) is 17.0. The Morgan fingerprint density at radius 2 is 1.48 bits per heavy atom. The molecule has 1 aromatic carbocycles. The van der Waals surface area contributed by atoms with Gasteiger partial charge in [0.15, 0.2) is 0 Å². The average Bonchev–Trinajstić information content (AvgIpc) is 3.29. The van der Waals surface area contributed by atoms with Gasteiger partial charge < -0.3 is 0 Å². The largest absolute Gasteiger partial charge is 0.106 e. The Hall–Kier alpha value is -1.56. The fourth-order valence-electron chi connectivity index (χ4n) is 4.54. The molecule has 1 saturated carbocycles. The van der Waals surface area contributed by atoms with Crippen molar-refractivity contribution < 1.29 is 0 Å². The van der Waals surface area contributed by atoms with Gasteiger partial charge in [-0.2, -0.15) is 0 Å². The molecule has 0 nitrogen and oxygen atoms in total. The van der Waals surface area contributed by atoms with Crippen LogP contribution in [0.4, 0.5) is 0 Å². The van der Waals surface area contributed by atoms with Crippen LogP contribution in [-0.2, 0) is 6.42 Å². The highest BCUT2D eigenvalue weighted by atomic mass is 14.3. The molecule has 1 aromatic rings. The highest BCUT2D eigenvalue weighted by Crippen LogP contribution is 2.43. The molecule has 0 N–H and O–H groups in total. The minimum atomic E-state index is 0.639. The number of allylic oxidation sites excluding steroid dienone is 3. The van der Waals surface area contributed by atoms with Gasteiger partial charge in [0, 0.05) is 0 Å². The van der Waals surface area contributed by atoms with Crippen molar-refractivity contribution in [2.75, 3.05) is 0 Å². The molecule has 0 aromatic heterocycles. The van der Waals surface area contributed by atoms with Gasteiger partial charge >= 0.3 is 0 Å². The van der Waals surface area contributed by atoms with Crippen molar-refractivity contribution in [1.82, 2.24) is 0 Å². The molecule has 1 aliphatic rings. The molecule has 0 aliphatic heterocycles. The van der Waals surface area contributed by atoms with Crippen LogP contribution in [-0.4, -0.2) is 0 Å². The van der Waals surface area contributed by atoms with Gasteiger partial charge in [0.05, 0.1) is 0 Å². The van der Waals surface area contributed by atoms with E-state index in [9.17, 15) is 0 Å². The summed E-state index contributed by atoms with van der Waals surface area (Å²) < 4.78 is 0. The molecular weight excluding hydrogens is 372 g/mol. The zero-order valence-electron chi connectivity index (χ0n) is 21.8. The van der Waals surface area contributed by atoms with E-state index in [1.165, 1.54) is 68.1 Å². The monoisotopic (exact) mass is 424 g/mol. The first kappa shape index (κ1) is 29.4. The zero-order valence-corrected chi connectivity index (χ0v) is 21.8. The molecule has 1 fully saturated rings. The molecule has 0 heterocycles. The molecule has 0 amide bonds. The van der Waals surface area contributed by atoms with Crippen LogP contribution < -0.4 is 0 Å². The molecule has 1 aliphatic carbocycles. The summed E-state index contributed by atoms with van der Waals surface area (Å²) in [6.07, 6.45) is 17.6. The van der Waals surface area contributed by atoms with Crippen LogP contribution in [0, 0.1) is 11.3 Å². The fraction of sp³-hybridized carbons (Fsp3) is 0.613. The Morgan fingerprint density at radius 3 is 1.87 bits per heavy atom. The Balaban J connectivity index is 0.000000679. The number of hydrogen-bond donors (Lipinski definition) is 0. The maximum atomic E-state index is 3.81. The Labute approximate surface area is 195 Å². The van der Waals surface area contributed by atoms with Crippen molar-refractivity contribution >= 4 is 0 Å². The van der Waals surface area contributed by atoms with Gasteiger partial charge in [-0.1, -0.05) is 122 Å². The molecule has 0 saturated heterocycles. The van der Waals surface area contributed by atoms with Gasteiger partial charge in [-0.3, -0.25) is 0 Å². The summed E-state index contributed by atoms with van der Waals surface area (Å²) in [6, 6.07) is 9.20. The lowest BCUT2D eigenvalue weighted by molar-refractivity contribution is 0.273. The maximum Gasteiger partial charge on any atom is -0.0167 e. The van der Waals surface area contributed by atoms with Crippen molar-refractivity contribution in [1.29, 1.82) is 0 Å². The number of benzene rings is 1. The Morgan fingerprint density at radius 1 is 0.935 bits per heavy atom. The second-order valence-electron chi connectivity index (χ2n) is 9.50. The van der Waals surface area contributed by atoms with Crippen LogP contribution in [0.15, 0.2) is 61.7 Å². The standard InChI is InChI=1S/C20H30.C9H18.C2H4/c1-6-8-18(9-7-2)10-11-19-12-14-20(15-13-19)17(5)16(3)4;1-3-9(4-2)7-5-6-8-9;1-2/h6,8,12-17H,1,7,9-11H2,2-5H3;3-8H2,1-2H3;1-2H2/b18-8+;;. The van der Waals surface area contributed by atoms with E-state index >= 15 is 0 Å². The van der Waals surface area contributed by atoms with E-state index in [4.69, 9.17) is 0 Å². The number of hydrogen-bond acceptors (Lipinski definition) is 0. The first-order valence-corrected chi connectivity index (χ1v) is 12.8. The van der Waals surface area contributed by atoms with Gasteiger partial charge in [0.1, 0.15) is 0 Å². The highest BCUT2D eigenvalue weighted by molar-refractivity contribution is 5.26. The van der Waals surface area contributed by atoms with Gasteiger partial charge in [0.2, 0.25) is 0 Å². The highest BCUT2D eigenvalue weighted by Gasteiger charge is 2.29. The predicted molar refractivity (Wildman–Crippen MR) is 144 cm³/mol. The van der Waals surface area contributed by atoms with Gasteiger partial charge in [-0.05, 0) is 60.5 Å². The molecule has 1 unspecified atom stereocenters. The van der Waals surface area contributed by atoms with Crippen LogP contribution in [0.25, 0.3) is 0 Å². The lowest BCUT2D eigenvalue weighted by Gasteiger charge is -2.24. The molecule has 1 atom stereocenters. The van der Waals surface area contributed by atoms with Crippen molar-refractivity contribution in [2.45, 2.75) is 112 Å². The van der Waals surface area contributed by atoms with E-state index in [-0.39, 0.29) is 0 Å². The van der Waals surface area contributed by atoms with Gasteiger partial charge in [-0.15, -0.1) is 13.2 Å². The van der Waals surface area contributed by atoms with Crippen LogP contribution in [0.1, 0.15) is 116 Å². The molecule has 0 radical (unpaired) electrons. The smallest absolute Gasteiger partial charge is 0.0167 e. The molecule has 0 spiro atoms. The third-order valence-electron chi connectivity index (χ3n) is 7.33. The van der Waals surface area contributed by atoms with Gasteiger partial charge in [-0.25, -0.2) is 0 Å². The third kappa shape index (κ3) is 11.0. The normalized spacial score (nSPS) is 16.0. The lowest BCUT2D eigenvalue weighted by Crippen LogP contribution is -2.12. The summed E-state index contributed by atoms with van der Waals surface area (Å²) >= 11 is 0. The summed E-state index contributed by atoms with van der Waals surface area (Å²) in [6.45, 7) is 23.6. The van der Waals surface area contributed by atoms with Crippen LogP contribution >= 0.6 is 0 Å². The van der Waals surface area contributed by atoms with E-state index in [0.717, 1.165) is 18.3 Å². The minimum absolute atomic E-state index is 0.639. The number of rotatable bonds is 10. The SMILES string of the molecule is C=C.C=C/C=C(\CCC)CCc1ccc(C(C)C(C)C)cc1.CCC1(CC)CCCC1. The molecule has 176 valence electrons. The van der Waals surface area contributed by atoms with E-state index in [2.05, 4.69) is 91.6 Å². The van der Waals surface area contributed by atoms with Crippen molar-refractivity contribution in [3.8, 4) is 0 Å². The zero-order chi connectivity index (χ0) is 23.7. The first-order chi connectivity index (χ1) is 14.9. The summed E-state index contributed by atoms with van der Waals surface area (Å²) in [4.78, 5) is 0. The summed E-state index contributed by atoms with van der Waals surface area (Å²) in [5, 5.41) is 0. The number of aryl methyl sites for hydroxylation is 1. The average molecular weight is 425 g/mol. The van der Waals surface area contributed by atoms with Crippen molar-refractivity contribution in [3.63, 3.8) is 0 Å². The third-order valence-corrected chi connectivity index (χ3v) is 7.33. The molecular formula is C31H52. The lowest BCUT2D eigenvalue weighted by atomic mass is 9.81. The Kier molecular flexibility index (Phi) is 16.2. The van der Waals surface area contributed by atoms with Crippen LogP contribution in [0.5, 0.6) is 0 Å². The second-order valence-corrected chi connectivity index (χ2v) is 9.50. The van der Waals surface area contributed by atoms with Crippen LogP contribution in [0.2, 0.25) is 0 Å². The molecule has 0 heteroatoms. The van der Waals surface area contributed by atoms with Crippen LogP contribution in [0.3, 0.4) is 0 Å². The van der Waals surface area contributed by atoms with Crippen molar-refractivity contribution in [2.24, 2.45) is 11.3 Å². The van der Waals surface area contributed by atoms with Crippen molar-refractivity contribution in [3.05, 3.63) is 72.9 Å². The molecule has 0 bridgehead atoms. The summed E-state index contributed by atoms with van der Waals surface area (Å²) in [5.41, 5.74) is 5.19. The van der Waals surface area contributed by atoms with E-state index in [0.29, 0.717) is 11.8 Å². The fourth-order valence-corrected chi connectivity index (χ4v) is 4.54. The minimum Gasteiger partial charge on any atom is -0.106 e. The first-order valence-electron chi connectivity index (χ1n) is 12.8. The summed E-state index contributed by atoms with van der Waals surface area (Å²) in [5.74, 6) is 1.34. The maximum absolute atomic E-state index is 3.81. The quantitative estimate of drug-likeness (QED) is 0.259. The molecule has 31 heavy (non-hydrogen) atoms. The summed E-state index contributed by atoms with van der Waals surface area (Å²) in [7, 11) is 0. The molecule has 2 rings (SSSR count). The Bertz CT molecular complexity index is 589.